The summed E-state index contributed by atoms with van der Waals surface area (Å²) < 4.78 is 14.0. The Balaban J connectivity index is 2.46. The Morgan fingerprint density at radius 3 is 2.48 bits per heavy atom. The molecule has 21 heavy (non-hydrogen) atoms. The zero-order chi connectivity index (χ0) is 15.4. The lowest BCUT2D eigenvalue weighted by molar-refractivity contribution is 0.591. The SMILES string of the molecule is CCCNC(c1ccc(Cl)cc1Cl)c1ccc(F)cc1Br. The zero-order valence-electron chi connectivity index (χ0n) is 11.5. The Hall–Kier alpha value is -0.610. The molecule has 1 nitrogen and oxygen atoms in total. The fourth-order valence-electron chi connectivity index (χ4n) is 2.15. The number of halogens is 4. The average molecular weight is 391 g/mol. The van der Waals surface area contributed by atoms with E-state index in [0.717, 1.165) is 24.1 Å². The summed E-state index contributed by atoms with van der Waals surface area (Å²) in [4.78, 5) is 0. The molecule has 1 unspecified atom stereocenters. The summed E-state index contributed by atoms with van der Waals surface area (Å²) in [6.07, 6.45) is 0.987. The molecule has 0 aliphatic heterocycles. The van der Waals surface area contributed by atoms with Crippen LogP contribution in [0.5, 0.6) is 0 Å². The molecular formula is C16H15BrCl2FN. The van der Waals surface area contributed by atoms with E-state index in [1.807, 2.05) is 6.07 Å². The van der Waals surface area contributed by atoms with Gasteiger partial charge in [-0.05, 0) is 48.4 Å². The largest absolute Gasteiger partial charge is 0.306 e. The van der Waals surface area contributed by atoms with Crippen LogP contribution in [-0.2, 0) is 0 Å². The van der Waals surface area contributed by atoms with Gasteiger partial charge in [-0.25, -0.2) is 4.39 Å². The van der Waals surface area contributed by atoms with Crippen molar-refractivity contribution in [1.29, 1.82) is 0 Å². The highest BCUT2D eigenvalue weighted by Gasteiger charge is 2.19. The molecule has 0 aliphatic rings. The van der Waals surface area contributed by atoms with E-state index in [-0.39, 0.29) is 11.9 Å². The second-order valence-corrected chi connectivity index (χ2v) is 6.42. The van der Waals surface area contributed by atoms with E-state index in [2.05, 4.69) is 28.2 Å². The van der Waals surface area contributed by atoms with Crippen LogP contribution >= 0.6 is 39.1 Å². The van der Waals surface area contributed by atoms with Crippen molar-refractivity contribution in [2.45, 2.75) is 19.4 Å². The van der Waals surface area contributed by atoms with Gasteiger partial charge in [0.15, 0.2) is 0 Å². The Morgan fingerprint density at radius 1 is 1.14 bits per heavy atom. The number of hydrogen-bond acceptors (Lipinski definition) is 1. The molecule has 0 aromatic heterocycles. The van der Waals surface area contributed by atoms with Gasteiger partial charge in [0.1, 0.15) is 5.82 Å². The maximum absolute atomic E-state index is 13.3. The van der Waals surface area contributed by atoms with Gasteiger partial charge in [-0.3, -0.25) is 0 Å². The van der Waals surface area contributed by atoms with Crippen molar-refractivity contribution in [1.82, 2.24) is 5.32 Å². The molecule has 2 aromatic rings. The second-order valence-electron chi connectivity index (χ2n) is 4.72. The van der Waals surface area contributed by atoms with Crippen molar-refractivity contribution >= 4 is 39.1 Å². The van der Waals surface area contributed by atoms with Gasteiger partial charge in [0.25, 0.3) is 0 Å². The summed E-state index contributed by atoms with van der Waals surface area (Å²) in [7, 11) is 0. The van der Waals surface area contributed by atoms with Gasteiger partial charge in [-0.1, -0.05) is 58.2 Å². The quantitative estimate of drug-likeness (QED) is 0.661. The fraction of sp³-hybridized carbons (Fsp3) is 0.250. The summed E-state index contributed by atoms with van der Waals surface area (Å²) >= 11 is 15.7. The third kappa shape index (κ3) is 4.19. The summed E-state index contributed by atoms with van der Waals surface area (Å²) in [6.45, 7) is 2.92. The van der Waals surface area contributed by atoms with Crippen LogP contribution < -0.4 is 5.32 Å². The molecule has 0 heterocycles. The lowest BCUT2D eigenvalue weighted by atomic mass is 9.98. The van der Waals surface area contributed by atoms with Gasteiger partial charge in [-0.15, -0.1) is 0 Å². The normalized spacial score (nSPS) is 12.4. The summed E-state index contributed by atoms with van der Waals surface area (Å²) in [5, 5.41) is 4.63. The highest BCUT2D eigenvalue weighted by atomic mass is 79.9. The van der Waals surface area contributed by atoms with E-state index >= 15 is 0 Å². The number of benzene rings is 2. The minimum absolute atomic E-state index is 0.121. The van der Waals surface area contributed by atoms with Gasteiger partial charge >= 0.3 is 0 Å². The molecular weight excluding hydrogens is 376 g/mol. The van der Waals surface area contributed by atoms with Crippen LogP contribution in [0.15, 0.2) is 40.9 Å². The van der Waals surface area contributed by atoms with E-state index in [9.17, 15) is 4.39 Å². The molecule has 0 bridgehead atoms. The van der Waals surface area contributed by atoms with Gasteiger partial charge in [0, 0.05) is 14.5 Å². The maximum Gasteiger partial charge on any atom is 0.124 e. The number of hydrogen-bond donors (Lipinski definition) is 1. The predicted molar refractivity (Wildman–Crippen MR) is 90.7 cm³/mol. The predicted octanol–water partition coefficient (Wildman–Crippen LogP) is 5.98. The molecule has 1 N–H and O–H groups in total. The smallest absolute Gasteiger partial charge is 0.124 e. The highest BCUT2D eigenvalue weighted by Crippen LogP contribution is 2.34. The molecule has 2 aromatic carbocycles. The lowest BCUT2D eigenvalue weighted by Crippen LogP contribution is -2.24. The van der Waals surface area contributed by atoms with Gasteiger partial charge in [0.2, 0.25) is 0 Å². The van der Waals surface area contributed by atoms with Crippen LogP contribution in [0.25, 0.3) is 0 Å². The Kier molecular flexibility index (Phi) is 6.06. The molecule has 0 spiro atoms. The van der Waals surface area contributed by atoms with Crippen molar-refractivity contribution in [3.05, 3.63) is 67.9 Å². The van der Waals surface area contributed by atoms with Crippen molar-refractivity contribution in [3.8, 4) is 0 Å². The lowest BCUT2D eigenvalue weighted by Gasteiger charge is -2.22. The van der Waals surface area contributed by atoms with Crippen molar-refractivity contribution in [2.24, 2.45) is 0 Å². The highest BCUT2D eigenvalue weighted by molar-refractivity contribution is 9.10. The number of rotatable bonds is 5. The first-order valence-electron chi connectivity index (χ1n) is 6.66. The monoisotopic (exact) mass is 389 g/mol. The van der Waals surface area contributed by atoms with Crippen LogP contribution in [0.1, 0.15) is 30.5 Å². The van der Waals surface area contributed by atoms with Crippen LogP contribution in [0.2, 0.25) is 10.0 Å². The Labute approximate surface area is 142 Å². The molecule has 2 rings (SSSR count). The molecule has 112 valence electrons. The van der Waals surface area contributed by atoms with Crippen molar-refractivity contribution in [3.63, 3.8) is 0 Å². The summed E-state index contributed by atoms with van der Waals surface area (Å²) in [5.41, 5.74) is 1.86. The molecule has 0 saturated carbocycles. The van der Waals surface area contributed by atoms with E-state index < -0.39 is 0 Å². The van der Waals surface area contributed by atoms with E-state index in [0.29, 0.717) is 14.5 Å². The molecule has 0 saturated heterocycles. The third-order valence-electron chi connectivity index (χ3n) is 3.15. The molecule has 0 amide bonds. The first-order chi connectivity index (χ1) is 10.0. The van der Waals surface area contributed by atoms with Crippen LogP contribution in [0.4, 0.5) is 4.39 Å². The van der Waals surface area contributed by atoms with Crippen LogP contribution in [-0.4, -0.2) is 6.54 Å². The van der Waals surface area contributed by atoms with Crippen LogP contribution in [0, 0.1) is 5.82 Å². The second kappa shape index (κ2) is 7.59. The first-order valence-corrected chi connectivity index (χ1v) is 8.21. The van der Waals surface area contributed by atoms with Gasteiger partial charge in [-0.2, -0.15) is 0 Å². The average Bonchev–Trinajstić information content (AvgIpc) is 2.42. The van der Waals surface area contributed by atoms with E-state index in [4.69, 9.17) is 23.2 Å². The fourth-order valence-corrected chi connectivity index (χ4v) is 3.24. The van der Waals surface area contributed by atoms with E-state index in [1.165, 1.54) is 12.1 Å². The maximum atomic E-state index is 13.3. The van der Waals surface area contributed by atoms with Crippen molar-refractivity contribution < 1.29 is 4.39 Å². The molecule has 0 fully saturated rings. The summed E-state index contributed by atoms with van der Waals surface area (Å²) in [5.74, 6) is -0.276. The molecule has 0 aliphatic carbocycles. The standard InChI is InChI=1S/C16H15BrCl2FN/c1-2-7-21-16(12-6-4-11(20)9-14(12)17)13-5-3-10(18)8-15(13)19/h3-6,8-9,16,21H,2,7H2,1H3. The van der Waals surface area contributed by atoms with Crippen LogP contribution in [0.3, 0.4) is 0 Å². The summed E-state index contributed by atoms with van der Waals surface area (Å²) in [6, 6.07) is 9.97. The number of nitrogens with one attached hydrogen (secondary N) is 1. The third-order valence-corrected chi connectivity index (χ3v) is 4.39. The zero-order valence-corrected chi connectivity index (χ0v) is 14.6. The van der Waals surface area contributed by atoms with Gasteiger partial charge in [0.05, 0.1) is 6.04 Å². The Morgan fingerprint density at radius 2 is 1.86 bits per heavy atom. The topological polar surface area (TPSA) is 12.0 Å². The minimum atomic E-state index is -0.276. The van der Waals surface area contributed by atoms with E-state index in [1.54, 1.807) is 18.2 Å². The molecule has 5 heteroatoms. The minimum Gasteiger partial charge on any atom is -0.306 e. The van der Waals surface area contributed by atoms with Gasteiger partial charge < -0.3 is 5.32 Å². The molecule has 1 atom stereocenters. The Bertz CT molecular complexity index is 582. The molecule has 0 radical (unpaired) electrons. The first kappa shape index (κ1) is 16.8. The van der Waals surface area contributed by atoms with Crippen molar-refractivity contribution in [2.75, 3.05) is 6.54 Å².